The summed E-state index contributed by atoms with van der Waals surface area (Å²) in [5.41, 5.74) is -0.385. The summed E-state index contributed by atoms with van der Waals surface area (Å²) in [6.45, 7) is 0. The highest BCUT2D eigenvalue weighted by Crippen LogP contribution is 2.48. The van der Waals surface area contributed by atoms with Crippen molar-refractivity contribution >= 4 is 5.78 Å². The Morgan fingerprint density at radius 2 is 1.61 bits per heavy atom. The Bertz CT molecular complexity index is 814. The zero-order valence-corrected chi connectivity index (χ0v) is 11.5. The van der Waals surface area contributed by atoms with Crippen LogP contribution >= 0.6 is 0 Å². The number of hydrogen-bond acceptors (Lipinski definition) is 8. The van der Waals surface area contributed by atoms with Crippen LogP contribution < -0.4 is 4.74 Å². The van der Waals surface area contributed by atoms with E-state index in [1.165, 1.54) is 0 Å². The van der Waals surface area contributed by atoms with Gasteiger partial charge in [-0.1, -0.05) is 0 Å². The van der Waals surface area contributed by atoms with Gasteiger partial charge in [0.25, 0.3) is 0 Å². The van der Waals surface area contributed by atoms with E-state index < -0.39 is 41.0 Å². The first-order valence-electron chi connectivity index (χ1n) is 6.49. The van der Waals surface area contributed by atoms with Crippen LogP contribution in [0, 0.1) is 0 Å². The van der Waals surface area contributed by atoms with E-state index in [1.807, 2.05) is 0 Å². The molecule has 0 fully saturated rings. The van der Waals surface area contributed by atoms with E-state index in [2.05, 4.69) is 0 Å². The number of Topliss-reactive ketones (excluding diaryl/α,β-unsaturated/α-hetero) is 1. The van der Waals surface area contributed by atoms with E-state index in [0.717, 1.165) is 24.3 Å². The molecular formula is C15H12O8. The van der Waals surface area contributed by atoms with Gasteiger partial charge in [0.15, 0.2) is 17.6 Å². The lowest BCUT2D eigenvalue weighted by atomic mass is 9.92. The van der Waals surface area contributed by atoms with Crippen LogP contribution in [0.5, 0.6) is 34.5 Å². The van der Waals surface area contributed by atoms with Gasteiger partial charge >= 0.3 is 0 Å². The summed E-state index contributed by atoms with van der Waals surface area (Å²) in [6, 6.07) is 4.23. The van der Waals surface area contributed by atoms with E-state index in [9.17, 15) is 35.4 Å². The Balaban J connectivity index is 2.13. The summed E-state index contributed by atoms with van der Waals surface area (Å²) in [5, 5.41) is 58.0. The lowest BCUT2D eigenvalue weighted by Crippen LogP contribution is -2.30. The fourth-order valence-corrected chi connectivity index (χ4v) is 2.45. The zero-order chi connectivity index (χ0) is 16.9. The number of aliphatic hydroxyl groups excluding tert-OH is 1. The SMILES string of the molecule is O=C1C(O)c2c(O)cc(O)cc2OC1c1ccc(O)c(O)c1O. The maximum absolute atomic E-state index is 12.3. The monoisotopic (exact) mass is 320 g/mol. The van der Waals surface area contributed by atoms with Crippen molar-refractivity contribution in [3.63, 3.8) is 0 Å². The van der Waals surface area contributed by atoms with Gasteiger partial charge in [0.2, 0.25) is 11.5 Å². The van der Waals surface area contributed by atoms with E-state index in [0.29, 0.717) is 0 Å². The van der Waals surface area contributed by atoms with Crippen molar-refractivity contribution in [2.75, 3.05) is 0 Å². The van der Waals surface area contributed by atoms with Gasteiger partial charge in [0.1, 0.15) is 23.4 Å². The average molecular weight is 320 g/mol. The maximum Gasteiger partial charge on any atom is 0.211 e. The van der Waals surface area contributed by atoms with Gasteiger partial charge in [-0.25, -0.2) is 0 Å². The number of aliphatic hydroxyl groups is 1. The van der Waals surface area contributed by atoms with Crippen molar-refractivity contribution in [2.45, 2.75) is 12.2 Å². The average Bonchev–Trinajstić information content (AvgIpc) is 2.48. The molecule has 0 amide bonds. The van der Waals surface area contributed by atoms with Crippen molar-refractivity contribution in [3.05, 3.63) is 35.4 Å². The Morgan fingerprint density at radius 3 is 2.30 bits per heavy atom. The number of phenols is 5. The molecule has 1 aliphatic heterocycles. The maximum atomic E-state index is 12.3. The first kappa shape index (κ1) is 14.8. The molecule has 120 valence electrons. The number of phenolic OH excluding ortho intramolecular Hbond substituents is 5. The van der Waals surface area contributed by atoms with Crippen molar-refractivity contribution in [1.82, 2.24) is 0 Å². The highest BCUT2D eigenvalue weighted by Gasteiger charge is 2.40. The van der Waals surface area contributed by atoms with Crippen LogP contribution in [-0.2, 0) is 4.79 Å². The minimum atomic E-state index is -1.75. The predicted molar refractivity (Wildman–Crippen MR) is 74.5 cm³/mol. The van der Waals surface area contributed by atoms with Crippen LogP contribution in [0.1, 0.15) is 23.3 Å². The molecule has 6 N–H and O–H groups in total. The molecule has 0 saturated carbocycles. The van der Waals surface area contributed by atoms with Crippen LogP contribution in [0.2, 0.25) is 0 Å². The number of carbonyl (C=O) groups is 1. The molecule has 2 aromatic rings. The van der Waals surface area contributed by atoms with E-state index in [4.69, 9.17) is 4.74 Å². The van der Waals surface area contributed by atoms with Gasteiger partial charge in [-0.05, 0) is 12.1 Å². The molecule has 2 unspecified atom stereocenters. The van der Waals surface area contributed by atoms with Crippen LogP contribution in [0.3, 0.4) is 0 Å². The van der Waals surface area contributed by atoms with Crippen LogP contribution in [0.15, 0.2) is 24.3 Å². The number of benzene rings is 2. The molecule has 0 aromatic heterocycles. The van der Waals surface area contributed by atoms with Crippen LogP contribution in [0.4, 0.5) is 0 Å². The number of hydrogen-bond donors (Lipinski definition) is 6. The molecule has 23 heavy (non-hydrogen) atoms. The normalized spacial score (nSPS) is 20.0. The molecule has 0 saturated heterocycles. The van der Waals surface area contributed by atoms with Gasteiger partial charge in [-0.2, -0.15) is 0 Å². The molecule has 1 aliphatic rings. The largest absolute Gasteiger partial charge is 0.508 e. The lowest BCUT2D eigenvalue weighted by Gasteiger charge is -2.29. The summed E-state index contributed by atoms with van der Waals surface area (Å²) < 4.78 is 5.36. The van der Waals surface area contributed by atoms with Gasteiger partial charge in [0, 0.05) is 17.7 Å². The minimum Gasteiger partial charge on any atom is -0.508 e. The van der Waals surface area contributed by atoms with Crippen LogP contribution in [0.25, 0.3) is 0 Å². The lowest BCUT2D eigenvalue weighted by molar-refractivity contribution is -0.137. The summed E-state index contributed by atoms with van der Waals surface area (Å²) in [7, 11) is 0. The second-order valence-corrected chi connectivity index (χ2v) is 5.05. The van der Waals surface area contributed by atoms with Gasteiger partial charge < -0.3 is 35.4 Å². The molecule has 8 heteroatoms. The molecule has 3 rings (SSSR count). The Morgan fingerprint density at radius 1 is 0.913 bits per heavy atom. The summed E-state index contributed by atoms with van der Waals surface area (Å²) in [5.74, 6) is -4.10. The quantitative estimate of drug-likeness (QED) is 0.425. The predicted octanol–water partition coefficient (Wildman–Crippen LogP) is 0.951. The van der Waals surface area contributed by atoms with Crippen molar-refractivity contribution < 1.29 is 40.2 Å². The minimum absolute atomic E-state index is 0.147. The first-order chi connectivity index (χ1) is 10.8. The van der Waals surface area contributed by atoms with Crippen molar-refractivity contribution in [2.24, 2.45) is 0 Å². The first-order valence-corrected chi connectivity index (χ1v) is 6.49. The molecular weight excluding hydrogens is 308 g/mol. The Kier molecular flexibility index (Phi) is 3.19. The van der Waals surface area contributed by atoms with E-state index in [-0.39, 0.29) is 22.6 Å². The zero-order valence-electron chi connectivity index (χ0n) is 11.5. The second-order valence-electron chi connectivity index (χ2n) is 5.05. The molecule has 0 spiro atoms. The summed E-state index contributed by atoms with van der Waals surface area (Å²) >= 11 is 0. The van der Waals surface area contributed by atoms with Crippen LogP contribution in [-0.4, -0.2) is 36.4 Å². The number of ether oxygens (including phenoxy) is 1. The van der Waals surface area contributed by atoms with Gasteiger partial charge in [-0.3, -0.25) is 4.79 Å². The second kappa shape index (κ2) is 4.96. The number of aromatic hydroxyl groups is 5. The molecule has 0 bridgehead atoms. The molecule has 2 aromatic carbocycles. The number of ketones is 1. The fourth-order valence-electron chi connectivity index (χ4n) is 2.45. The third-order valence-corrected chi connectivity index (χ3v) is 3.59. The summed E-state index contributed by atoms with van der Waals surface area (Å²) in [4.78, 5) is 12.3. The number of fused-ring (bicyclic) bond motifs is 1. The standard InChI is InChI=1S/C15H12O8/c16-5-3-8(18)10-9(4-5)23-15(14(22)13(10)21)6-1-2-7(17)12(20)11(6)19/h1-4,13,15-21H. The van der Waals surface area contributed by atoms with E-state index in [1.54, 1.807) is 0 Å². The van der Waals surface area contributed by atoms with Crippen molar-refractivity contribution in [3.8, 4) is 34.5 Å². The highest BCUT2D eigenvalue weighted by molar-refractivity contribution is 5.93. The molecule has 0 aliphatic carbocycles. The topological polar surface area (TPSA) is 148 Å². The summed E-state index contributed by atoms with van der Waals surface area (Å²) in [6.07, 6.45) is -3.25. The highest BCUT2D eigenvalue weighted by atomic mass is 16.5. The third kappa shape index (κ3) is 2.16. The Labute approximate surface area is 129 Å². The van der Waals surface area contributed by atoms with Gasteiger partial charge in [-0.15, -0.1) is 0 Å². The smallest absolute Gasteiger partial charge is 0.211 e. The third-order valence-electron chi connectivity index (χ3n) is 3.59. The molecule has 0 radical (unpaired) electrons. The van der Waals surface area contributed by atoms with Crippen molar-refractivity contribution in [1.29, 1.82) is 0 Å². The fraction of sp³-hybridized carbons (Fsp3) is 0.133. The number of carbonyl (C=O) groups excluding carboxylic acids is 1. The molecule has 2 atom stereocenters. The Hall–Kier alpha value is -3.13. The molecule has 1 heterocycles. The number of rotatable bonds is 1. The van der Waals surface area contributed by atoms with E-state index >= 15 is 0 Å². The van der Waals surface area contributed by atoms with Gasteiger partial charge in [0.05, 0.1) is 5.56 Å². The molecule has 8 nitrogen and oxygen atoms in total.